The first kappa shape index (κ1) is 16.3. The summed E-state index contributed by atoms with van der Waals surface area (Å²) >= 11 is 6.07. The molecule has 1 unspecified atom stereocenters. The molecule has 116 valence electrons. The predicted octanol–water partition coefficient (Wildman–Crippen LogP) is 4.17. The van der Waals surface area contributed by atoms with Crippen molar-refractivity contribution in [2.75, 3.05) is 6.54 Å². The van der Waals surface area contributed by atoms with Crippen molar-refractivity contribution in [3.63, 3.8) is 0 Å². The number of fused-ring (bicyclic) bond motifs is 1. The van der Waals surface area contributed by atoms with E-state index in [1.54, 1.807) is 0 Å². The topological polar surface area (TPSA) is 43.8 Å². The van der Waals surface area contributed by atoms with Crippen LogP contribution in [0.1, 0.15) is 39.4 Å². The maximum Gasteiger partial charge on any atom is 0.109 e. The first-order valence-electron chi connectivity index (χ1n) is 7.64. The Labute approximate surface area is 132 Å². The highest BCUT2D eigenvalue weighted by atomic mass is 35.5. The van der Waals surface area contributed by atoms with Crippen LogP contribution in [0.4, 0.5) is 0 Å². The Morgan fingerprint density at radius 2 is 2.00 bits per heavy atom. The fourth-order valence-electron chi connectivity index (χ4n) is 2.95. The molecule has 0 bridgehead atoms. The Kier molecular flexibility index (Phi) is 4.95. The van der Waals surface area contributed by atoms with Crippen LogP contribution >= 0.6 is 11.6 Å². The van der Waals surface area contributed by atoms with E-state index in [1.807, 2.05) is 18.2 Å². The van der Waals surface area contributed by atoms with Gasteiger partial charge in [-0.1, -0.05) is 32.4 Å². The van der Waals surface area contributed by atoms with Gasteiger partial charge < -0.3 is 10.3 Å². The van der Waals surface area contributed by atoms with Crippen molar-refractivity contribution in [3.8, 4) is 0 Å². The lowest BCUT2D eigenvalue weighted by atomic mass is 9.76. The molecule has 0 aliphatic rings. The Hall–Kier alpha value is -1.06. The predicted molar refractivity (Wildman–Crippen MR) is 90.7 cm³/mol. The molecule has 1 aromatic carbocycles. The van der Waals surface area contributed by atoms with Gasteiger partial charge in [0.1, 0.15) is 5.82 Å². The molecule has 2 rings (SSSR count). The number of imidazole rings is 1. The second kappa shape index (κ2) is 6.37. The van der Waals surface area contributed by atoms with Gasteiger partial charge in [0.05, 0.1) is 11.0 Å². The van der Waals surface area contributed by atoms with Gasteiger partial charge in [-0.15, -0.1) is 0 Å². The molecule has 1 heterocycles. The zero-order valence-electron chi connectivity index (χ0n) is 13.5. The maximum absolute atomic E-state index is 6.07. The van der Waals surface area contributed by atoms with Crippen LogP contribution in [-0.2, 0) is 13.5 Å². The lowest BCUT2D eigenvalue weighted by Crippen LogP contribution is -2.24. The minimum Gasteiger partial charge on any atom is -0.331 e. The SMILES string of the molecule is Cn1c(CCC(CCN)C(C)(C)C)nc2ccc(Cl)cc21. The van der Waals surface area contributed by atoms with Crippen LogP contribution < -0.4 is 5.73 Å². The van der Waals surface area contributed by atoms with E-state index in [2.05, 4.69) is 32.4 Å². The molecule has 0 aliphatic carbocycles. The average Bonchev–Trinajstić information content (AvgIpc) is 2.70. The summed E-state index contributed by atoms with van der Waals surface area (Å²) in [5.74, 6) is 1.74. The number of aryl methyl sites for hydroxylation is 2. The number of nitrogens with two attached hydrogens (primary N) is 1. The van der Waals surface area contributed by atoms with Crippen molar-refractivity contribution >= 4 is 22.6 Å². The molecule has 21 heavy (non-hydrogen) atoms. The zero-order chi connectivity index (χ0) is 15.6. The fraction of sp³-hybridized carbons (Fsp3) is 0.588. The molecular formula is C17H26ClN3. The summed E-state index contributed by atoms with van der Waals surface area (Å²) in [4.78, 5) is 4.74. The van der Waals surface area contributed by atoms with Crippen molar-refractivity contribution in [2.45, 2.75) is 40.0 Å². The molecule has 0 saturated carbocycles. The highest BCUT2D eigenvalue weighted by molar-refractivity contribution is 6.31. The minimum absolute atomic E-state index is 0.285. The molecule has 0 amide bonds. The molecule has 4 heteroatoms. The molecule has 3 nitrogen and oxygen atoms in total. The van der Waals surface area contributed by atoms with Crippen molar-refractivity contribution in [3.05, 3.63) is 29.0 Å². The van der Waals surface area contributed by atoms with E-state index in [0.717, 1.165) is 47.7 Å². The molecule has 0 aliphatic heterocycles. The van der Waals surface area contributed by atoms with E-state index < -0.39 is 0 Å². The third-order valence-corrected chi connectivity index (χ3v) is 4.63. The monoisotopic (exact) mass is 307 g/mol. The molecule has 1 atom stereocenters. The molecule has 0 saturated heterocycles. The molecule has 0 radical (unpaired) electrons. The van der Waals surface area contributed by atoms with E-state index >= 15 is 0 Å². The number of hydrogen-bond acceptors (Lipinski definition) is 2. The summed E-state index contributed by atoms with van der Waals surface area (Å²) in [5, 5.41) is 0.757. The van der Waals surface area contributed by atoms with Gasteiger partial charge >= 0.3 is 0 Å². The molecule has 1 aromatic heterocycles. The van der Waals surface area contributed by atoms with Gasteiger partial charge in [-0.3, -0.25) is 0 Å². The number of halogens is 1. The first-order chi connectivity index (χ1) is 9.82. The Morgan fingerprint density at radius 3 is 2.62 bits per heavy atom. The van der Waals surface area contributed by atoms with Crippen molar-refractivity contribution in [1.29, 1.82) is 0 Å². The smallest absolute Gasteiger partial charge is 0.109 e. The number of hydrogen-bond donors (Lipinski definition) is 1. The third-order valence-electron chi connectivity index (χ3n) is 4.39. The van der Waals surface area contributed by atoms with E-state index in [-0.39, 0.29) is 5.41 Å². The van der Waals surface area contributed by atoms with E-state index in [4.69, 9.17) is 22.3 Å². The summed E-state index contributed by atoms with van der Waals surface area (Å²) in [7, 11) is 2.07. The Morgan fingerprint density at radius 1 is 1.29 bits per heavy atom. The maximum atomic E-state index is 6.07. The van der Waals surface area contributed by atoms with Crippen LogP contribution in [0.2, 0.25) is 5.02 Å². The molecule has 0 spiro atoms. The zero-order valence-corrected chi connectivity index (χ0v) is 14.2. The van der Waals surface area contributed by atoms with Crippen LogP contribution in [-0.4, -0.2) is 16.1 Å². The second-order valence-corrected chi connectivity index (χ2v) is 7.34. The lowest BCUT2D eigenvalue weighted by Gasteiger charge is -2.30. The van der Waals surface area contributed by atoms with Gasteiger partial charge in [0.15, 0.2) is 0 Å². The van der Waals surface area contributed by atoms with Crippen LogP contribution in [0, 0.1) is 11.3 Å². The third kappa shape index (κ3) is 3.78. The summed E-state index contributed by atoms with van der Waals surface area (Å²) in [6.07, 6.45) is 3.16. The summed E-state index contributed by atoms with van der Waals surface area (Å²) in [6.45, 7) is 7.63. The van der Waals surface area contributed by atoms with Crippen molar-refractivity contribution < 1.29 is 0 Å². The van der Waals surface area contributed by atoms with Crippen molar-refractivity contribution in [2.24, 2.45) is 24.1 Å². The standard InChI is InChI=1S/C17H26ClN3/c1-17(2,3)12(9-10-19)5-8-16-20-14-7-6-13(18)11-15(14)21(16)4/h6-7,11-12H,5,8-10,19H2,1-4H3. The highest BCUT2D eigenvalue weighted by Gasteiger charge is 2.24. The molecule has 2 aromatic rings. The largest absolute Gasteiger partial charge is 0.331 e. The quantitative estimate of drug-likeness (QED) is 0.901. The van der Waals surface area contributed by atoms with Gasteiger partial charge in [0.25, 0.3) is 0 Å². The van der Waals surface area contributed by atoms with Gasteiger partial charge in [0, 0.05) is 18.5 Å². The van der Waals surface area contributed by atoms with Crippen LogP contribution in [0.15, 0.2) is 18.2 Å². The van der Waals surface area contributed by atoms with Crippen LogP contribution in [0.25, 0.3) is 11.0 Å². The molecular weight excluding hydrogens is 282 g/mol. The summed E-state index contributed by atoms with van der Waals surface area (Å²) < 4.78 is 2.16. The highest BCUT2D eigenvalue weighted by Crippen LogP contribution is 2.32. The molecule has 2 N–H and O–H groups in total. The second-order valence-electron chi connectivity index (χ2n) is 6.90. The number of aromatic nitrogens is 2. The minimum atomic E-state index is 0.285. The van der Waals surface area contributed by atoms with Gasteiger partial charge in [-0.05, 0) is 48.9 Å². The first-order valence-corrected chi connectivity index (χ1v) is 8.01. The fourth-order valence-corrected chi connectivity index (χ4v) is 3.12. The van der Waals surface area contributed by atoms with Crippen LogP contribution in [0.5, 0.6) is 0 Å². The normalized spacial score (nSPS) is 13.8. The van der Waals surface area contributed by atoms with Gasteiger partial charge in [-0.2, -0.15) is 0 Å². The van der Waals surface area contributed by atoms with E-state index in [9.17, 15) is 0 Å². The van der Waals surface area contributed by atoms with Gasteiger partial charge in [-0.25, -0.2) is 4.98 Å². The Bertz CT molecular complexity index is 610. The van der Waals surface area contributed by atoms with E-state index in [0.29, 0.717) is 5.92 Å². The van der Waals surface area contributed by atoms with Gasteiger partial charge in [0.2, 0.25) is 0 Å². The Balaban J connectivity index is 2.18. The summed E-state index contributed by atoms with van der Waals surface area (Å²) in [6, 6.07) is 5.86. The molecule has 0 fully saturated rings. The number of rotatable bonds is 5. The van der Waals surface area contributed by atoms with Crippen LogP contribution in [0.3, 0.4) is 0 Å². The van der Waals surface area contributed by atoms with Crippen molar-refractivity contribution in [1.82, 2.24) is 9.55 Å². The number of benzene rings is 1. The lowest BCUT2D eigenvalue weighted by molar-refractivity contribution is 0.213. The van der Waals surface area contributed by atoms with E-state index in [1.165, 1.54) is 0 Å². The summed E-state index contributed by atoms with van der Waals surface area (Å²) in [5.41, 5.74) is 8.17. The number of nitrogens with zero attached hydrogens (tertiary/aromatic N) is 2. The average molecular weight is 308 g/mol.